The van der Waals surface area contributed by atoms with E-state index in [9.17, 15) is 4.39 Å². The minimum absolute atomic E-state index is 0.0447. The third kappa shape index (κ3) is 4.26. The number of nitrogens with zero attached hydrogens (tertiary/aromatic N) is 3. The molecule has 2 N–H and O–H groups in total. The van der Waals surface area contributed by atoms with Crippen LogP contribution in [-0.2, 0) is 7.05 Å². The quantitative estimate of drug-likeness (QED) is 0.590. The summed E-state index contributed by atoms with van der Waals surface area (Å²) in [5.41, 5.74) is 5.80. The van der Waals surface area contributed by atoms with E-state index in [0.29, 0.717) is 11.9 Å². The molecule has 3 rings (SSSR count). The summed E-state index contributed by atoms with van der Waals surface area (Å²) >= 11 is 6.04. The van der Waals surface area contributed by atoms with Crippen LogP contribution in [0.2, 0.25) is 0 Å². The summed E-state index contributed by atoms with van der Waals surface area (Å²) in [6.07, 6.45) is 9.13. The van der Waals surface area contributed by atoms with Gasteiger partial charge in [0, 0.05) is 24.3 Å². The zero-order chi connectivity index (χ0) is 20.3. The minimum Gasteiger partial charge on any atom is -0.422 e. The molecule has 0 aliphatic carbocycles. The second-order valence-corrected chi connectivity index (χ2v) is 6.62. The third-order valence-electron chi connectivity index (χ3n) is 4.30. The van der Waals surface area contributed by atoms with Gasteiger partial charge in [-0.15, -0.1) is 0 Å². The third-order valence-corrected chi connectivity index (χ3v) is 4.51. The van der Waals surface area contributed by atoms with E-state index in [4.69, 9.17) is 21.7 Å². The monoisotopic (exact) mass is 401 g/mol. The van der Waals surface area contributed by atoms with Gasteiger partial charge in [0.2, 0.25) is 0 Å². The lowest BCUT2D eigenvalue weighted by atomic mass is 10.2. The van der Waals surface area contributed by atoms with Crippen molar-refractivity contribution in [2.45, 2.75) is 13.8 Å². The summed E-state index contributed by atoms with van der Waals surface area (Å²) < 4.78 is 21.8. The number of nitrogens with one attached hydrogen (secondary N) is 2. The maximum Gasteiger partial charge on any atom is 0.315 e. The van der Waals surface area contributed by atoms with E-state index in [-0.39, 0.29) is 10.9 Å². The summed E-state index contributed by atoms with van der Waals surface area (Å²) in [4.78, 5) is 3.83. The van der Waals surface area contributed by atoms with Crippen molar-refractivity contribution in [1.82, 2.24) is 15.0 Å². The van der Waals surface area contributed by atoms with E-state index in [1.54, 1.807) is 18.3 Å². The fourth-order valence-corrected chi connectivity index (χ4v) is 2.95. The molecule has 0 atom stereocenters. The molecule has 0 saturated carbocycles. The summed E-state index contributed by atoms with van der Waals surface area (Å²) in [5, 5.41) is 10.1. The van der Waals surface area contributed by atoms with Gasteiger partial charge in [0.15, 0.2) is 11.6 Å². The highest BCUT2D eigenvalue weighted by Gasteiger charge is 2.14. The number of hydrogen-bond acceptors (Lipinski definition) is 4. The number of halogens is 2. The lowest BCUT2D eigenvalue weighted by Crippen LogP contribution is -2.26. The van der Waals surface area contributed by atoms with Crippen LogP contribution in [0.15, 0.2) is 59.4 Å². The molecule has 1 aromatic carbocycles. The molecule has 2 aromatic rings. The number of hydrogen-bond donors (Lipinski definition) is 2. The van der Waals surface area contributed by atoms with Gasteiger partial charge in [-0.25, -0.2) is 9.80 Å². The first-order valence-electron chi connectivity index (χ1n) is 8.68. The van der Waals surface area contributed by atoms with Gasteiger partial charge in [0.25, 0.3) is 0 Å². The molecule has 28 heavy (non-hydrogen) atoms. The first kappa shape index (κ1) is 19.7. The zero-order valence-corrected chi connectivity index (χ0v) is 16.6. The lowest BCUT2D eigenvalue weighted by molar-refractivity contribution is 0.369. The van der Waals surface area contributed by atoms with Crippen molar-refractivity contribution in [3.05, 3.63) is 65.9 Å². The molecule has 1 aliphatic heterocycles. The molecule has 0 radical (unpaired) electrons. The Balaban J connectivity index is 1.65. The van der Waals surface area contributed by atoms with Gasteiger partial charge in [0.05, 0.1) is 17.8 Å². The van der Waals surface area contributed by atoms with Crippen molar-refractivity contribution in [1.29, 1.82) is 5.41 Å². The molecule has 1 aliphatic rings. The Labute approximate surface area is 167 Å². The number of aliphatic imine (C=N–C) groups is 1. The predicted molar refractivity (Wildman–Crippen MR) is 111 cm³/mol. The van der Waals surface area contributed by atoms with Crippen LogP contribution in [0.1, 0.15) is 12.6 Å². The van der Waals surface area contributed by atoms with Crippen LogP contribution in [-0.4, -0.2) is 27.3 Å². The first-order chi connectivity index (χ1) is 13.4. The zero-order valence-electron chi connectivity index (χ0n) is 15.8. The average Bonchev–Trinajstić information content (AvgIpc) is 3.21. The summed E-state index contributed by atoms with van der Waals surface area (Å²) in [6.45, 7) is 4.51. The van der Waals surface area contributed by atoms with Crippen LogP contribution < -0.4 is 10.2 Å². The number of aryl methyl sites for hydroxylation is 2. The van der Waals surface area contributed by atoms with Crippen LogP contribution in [0.4, 0.5) is 4.39 Å². The maximum absolute atomic E-state index is 14.7. The number of aromatic nitrogens is 1. The van der Waals surface area contributed by atoms with E-state index < -0.39 is 11.8 Å². The second kappa shape index (κ2) is 8.31. The van der Waals surface area contributed by atoms with Gasteiger partial charge < -0.3 is 9.30 Å². The van der Waals surface area contributed by atoms with E-state index in [1.807, 2.05) is 48.7 Å². The fraction of sp³-hybridized carbons (Fsp3) is 0.200. The lowest BCUT2D eigenvalue weighted by Gasteiger charge is -2.13. The minimum atomic E-state index is -0.531. The molecule has 0 bridgehead atoms. The topological polar surface area (TPSA) is 65.6 Å². The molecule has 0 fully saturated rings. The van der Waals surface area contributed by atoms with Gasteiger partial charge >= 0.3 is 6.02 Å². The molecular formula is C20H21ClFN5O. The molecule has 8 heteroatoms. The van der Waals surface area contributed by atoms with E-state index in [0.717, 1.165) is 16.9 Å². The predicted octanol–water partition coefficient (Wildman–Crippen LogP) is 4.37. The molecule has 0 amide bonds. The number of ether oxygens (including phenoxy) is 1. The number of fused-ring (bicyclic) bond motifs is 1. The molecule has 146 valence electrons. The maximum atomic E-state index is 14.7. The Morgan fingerprint density at radius 2 is 2.21 bits per heavy atom. The van der Waals surface area contributed by atoms with Gasteiger partial charge in [-0.3, -0.25) is 10.4 Å². The number of rotatable bonds is 4. The fourth-order valence-electron chi connectivity index (χ4n) is 2.82. The average molecular weight is 402 g/mol. The largest absolute Gasteiger partial charge is 0.422 e. The van der Waals surface area contributed by atoms with Crippen molar-refractivity contribution >= 4 is 33.7 Å². The Kier molecular flexibility index (Phi) is 5.84. The van der Waals surface area contributed by atoms with E-state index >= 15 is 0 Å². The van der Waals surface area contributed by atoms with Gasteiger partial charge in [-0.1, -0.05) is 17.7 Å². The van der Waals surface area contributed by atoms with Crippen molar-refractivity contribution in [2.75, 3.05) is 6.54 Å². The molecule has 0 saturated heterocycles. The van der Waals surface area contributed by atoms with Crippen molar-refractivity contribution in [3.63, 3.8) is 0 Å². The number of hydrazine groups is 1. The normalized spacial score (nSPS) is 15.0. The van der Waals surface area contributed by atoms with Crippen molar-refractivity contribution in [3.8, 4) is 5.75 Å². The summed E-state index contributed by atoms with van der Waals surface area (Å²) in [5.74, 6) is -0.599. The molecule has 2 heterocycles. The standard InChI is InChI=1S/C20H21ClFN5O/c1-4-5-14-8-10-27(25-14)11-9-18(21)24-20(23)28-17-7-6-16-15(19(17)22)12-13(2)26(16)3/h4-9,11-12,23,25H,10H2,1-3H3/b5-4+,11-9?,23-20?,24-18+. The Hall–Kier alpha value is -3.06. The van der Waals surface area contributed by atoms with Crippen molar-refractivity contribution in [2.24, 2.45) is 12.0 Å². The first-order valence-corrected chi connectivity index (χ1v) is 9.06. The molecule has 0 spiro atoms. The molecule has 1 aromatic heterocycles. The second-order valence-electron chi connectivity index (χ2n) is 6.24. The van der Waals surface area contributed by atoms with Gasteiger partial charge in [0.1, 0.15) is 5.17 Å². The smallest absolute Gasteiger partial charge is 0.315 e. The van der Waals surface area contributed by atoms with Crippen LogP contribution in [0.5, 0.6) is 5.75 Å². The number of allylic oxidation sites excluding steroid dienone is 3. The van der Waals surface area contributed by atoms with E-state index in [1.165, 1.54) is 12.1 Å². The molecule has 0 unspecified atom stereocenters. The highest BCUT2D eigenvalue weighted by molar-refractivity contribution is 6.69. The Morgan fingerprint density at radius 3 is 2.96 bits per heavy atom. The van der Waals surface area contributed by atoms with Crippen LogP contribution in [0.3, 0.4) is 0 Å². The Morgan fingerprint density at radius 1 is 1.43 bits per heavy atom. The highest BCUT2D eigenvalue weighted by Crippen LogP contribution is 2.28. The molecule has 6 nitrogen and oxygen atoms in total. The van der Waals surface area contributed by atoms with Gasteiger partial charge in [-0.05, 0) is 50.3 Å². The molecular weight excluding hydrogens is 381 g/mol. The highest BCUT2D eigenvalue weighted by atomic mass is 35.5. The van der Waals surface area contributed by atoms with Crippen LogP contribution >= 0.6 is 11.6 Å². The van der Waals surface area contributed by atoms with Crippen molar-refractivity contribution < 1.29 is 9.13 Å². The van der Waals surface area contributed by atoms with Crippen LogP contribution in [0.25, 0.3) is 10.9 Å². The number of benzene rings is 1. The SMILES string of the molecule is C/C=C/C1=CCN(C=C/C(Cl)=N\C(=N)Oc2ccc3c(cc(C)n3C)c2F)N1. The number of amidine groups is 1. The van der Waals surface area contributed by atoms with E-state index in [2.05, 4.69) is 10.4 Å². The summed E-state index contributed by atoms with van der Waals surface area (Å²) in [6, 6.07) is 4.46. The Bertz CT molecular complexity index is 1030. The van der Waals surface area contributed by atoms with Gasteiger partial charge in [-0.2, -0.15) is 4.99 Å². The van der Waals surface area contributed by atoms with Crippen LogP contribution in [0, 0.1) is 18.2 Å². The summed E-state index contributed by atoms with van der Waals surface area (Å²) in [7, 11) is 1.86.